The fraction of sp³-hybridized carbons (Fsp3) is 0.440. The maximum atomic E-state index is 11.2. The first kappa shape index (κ1) is 26.4. The average molecular weight is 541 g/mol. The van der Waals surface area contributed by atoms with Crippen LogP contribution in [-0.4, -0.2) is 82.9 Å². The van der Waals surface area contributed by atoms with E-state index in [-0.39, 0.29) is 6.54 Å². The molecule has 0 radical (unpaired) electrons. The van der Waals surface area contributed by atoms with E-state index in [2.05, 4.69) is 48.6 Å². The Balaban J connectivity index is 1.45. The lowest BCUT2D eigenvalue weighted by atomic mass is 10.00. The molecule has 0 aliphatic carbocycles. The van der Waals surface area contributed by atoms with Gasteiger partial charge in [-0.1, -0.05) is 0 Å². The summed E-state index contributed by atoms with van der Waals surface area (Å²) in [5.74, 6) is 1.39. The highest BCUT2D eigenvalue weighted by Crippen LogP contribution is 2.34. The Morgan fingerprint density at radius 1 is 1.13 bits per heavy atom. The van der Waals surface area contributed by atoms with Crippen LogP contribution in [0.3, 0.4) is 0 Å². The predicted molar refractivity (Wildman–Crippen MR) is 143 cm³/mol. The SMILES string of the molecule is COc1ncc(-c2cc(-c3nnc(CN4CCN(C(C)C)CC4)o3)c3cnn(C)c3c2)cc1CNS(=O)O. The highest BCUT2D eigenvalue weighted by Gasteiger charge is 2.22. The Kier molecular flexibility index (Phi) is 7.81. The second-order valence-electron chi connectivity index (χ2n) is 9.59. The van der Waals surface area contributed by atoms with Crippen molar-refractivity contribution in [2.75, 3.05) is 33.3 Å². The molecule has 4 heterocycles. The van der Waals surface area contributed by atoms with Crippen molar-refractivity contribution in [3.05, 3.63) is 42.0 Å². The second kappa shape index (κ2) is 11.3. The molecule has 12 nitrogen and oxygen atoms in total. The summed E-state index contributed by atoms with van der Waals surface area (Å²) in [6.45, 7) is 9.16. The molecule has 202 valence electrons. The maximum absolute atomic E-state index is 11.2. The number of benzene rings is 1. The molecule has 2 N–H and O–H groups in total. The Morgan fingerprint density at radius 3 is 2.63 bits per heavy atom. The van der Waals surface area contributed by atoms with Crippen LogP contribution < -0.4 is 9.46 Å². The van der Waals surface area contributed by atoms with Crippen LogP contribution in [0, 0.1) is 0 Å². The minimum absolute atomic E-state index is 0.117. The van der Waals surface area contributed by atoms with Crippen molar-refractivity contribution in [2.45, 2.75) is 33.0 Å². The van der Waals surface area contributed by atoms with Crippen LogP contribution in [0.15, 0.2) is 35.0 Å². The fourth-order valence-corrected chi connectivity index (χ4v) is 5.03. The van der Waals surface area contributed by atoms with E-state index < -0.39 is 11.3 Å². The number of aromatic nitrogens is 5. The van der Waals surface area contributed by atoms with Gasteiger partial charge in [-0.25, -0.2) is 13.9 Å². The van der Waals surface area contributed by atoms with Gasteiger partial charge in [-0.05, 0) is 37.6 Å². The van der Waals surface area contributed by atoms with Crippen LogP contribution in [0.5, 0.6) is 5.88 Å². The van der Waals surface area contributed by atoms with Gasteiger partial charge in [0.25, 0.3) is 0 Å². The largest absolute Gasteiger partial charge is 0.481 e. The monoisotopic (exact) mass is 540 g/mol. The highest BCUT2D eigenvalue weighted by molar-refractivity contribution is 7.77. The van der Waals surface area contributed by atoms with Gasteiger partial charge < -0.3 is 9.15 Å². The topological polar surface area (TPSA) is 135 Å². The van der Waals surface area contributed by atoms with Gasteiger partial charge in [0, 0.05) is 68.5 Å². The van der Waals surface area contributed by atoms with Crippen molar-refractivity contribution < 1.29 is 17.9 Å². The Morgan fingerprint density at radius 2 is 1.92 bits per heavy atom. The predicted octanol–water partition coefficient (Wildman–Crippen LogP) is 2.45. The minimum atomic E-state index is -2.16. The number of piperazine rings is 1. The first-order valence-electron chi connectivity index (χ1n) is 12.4. The molecule has 4 aromatic rings. The third kappa shape index (κ3) is 5.61. The quantitative estimate of drug-likeness (QED) is 0.305. The van der Waals surface area contributed by atoms with Crippen molar-refractivity contribution in [2.24, 2.45) is 7.05 Å². The summed E-state index contributed by atoms with van der Waals surface area (Å²) in [5.41, 5.74) is 3.99. The van der Waals surface area contributed by atoms with Gasteiger partial charge in [-0.3, -0.25) is 19.0 Å². The Hall–Kier alpha value is -3.23. The summed E-state index contributed by atoms with van der Waals surface area (Å²) in [5, 5.41) is 14.1. The number of nitrogens with one attached hydrogen (secondary N) is 1. The number of pyridine rings is 1. The van der Waals surface area contributed by atoms with E-state index in [1.54, 1.807) is 17.1 Å². The van der Waals surface area contributed by atoms with Gasteiger partial charge >= 0.3 is 0 Å². The molecule has 1 atom stereocenters. The smallest absolute Gasteiger partial charge is 0.248 e. The van der Waals surface area contributed by atoms with Gasteiger partial charge in [-0.15, -0.1) is 10.2 Å². The molecule has 1 aliphatic rings. The zero-order valence-electron chi connectivity index (χ0n) is 21.9. The summed E-state index contributed by atoms with van der Waals surface area (Å²) < 4.78 is 36.1. The van der Waals surface area contributed by atoms with Crippen molar-refractivity contribution in [1.29, 1.82) is 0 Å². The zero-order chi connectivity index (χ0) is 26.8. The molecule has 0 amide bonds. The van der Waals surface area contributed by atoms with E-state index in [4.69, 9.17) is 13.7 Å². The lowest BCUT2D eigenvalue weighted by Gasteiger charge is -2.36. The van der Waals surface area contributed by atoms with Gasteiger partial charge in [0.15, 0.2) is 0 Å². The molecule has 13 heteroatoms. The lowest BCUT2D eigenvalue weighted by molar-refractivity contribution is 0.0979. The number of ether oxygens (including phenoxy) is 1. The van der Waals surface area contributed by atoms with E-state index in [0.717, 1.165) is 53.8 Å². The molecule has 1 aromatic carbocycles. The van der Waals surface area contributed by atoms with Crippen LogP contribution in [0.4, 0.5) is 0 Å². The molecule has 5 rings (SSSR count). The van der Waals surface area contributed by atoms with Crippen LogP contribution in [0.1, 0.15) is 25.3 Å². The molecule has 1 aliphatic heterocycles. The summed E-state index contributed by atoms with van der Waals surface area (Å²) in [6.07, 6.45) is 3.50. The minimum Gasteiger partial charge on any atom is -0.481 e. The third-order valence-electron chi connectivity index (χ3n) is 6.90. The van der Waals surface area contributed by atoms with Crippen molar-refractivity contribution in [3.8, 4) is 28.5 Å². The van der Waals surface area contributed by atoms with Crippen molar-refractivity contribution in [3.63, 3.8) is 0 Å². The number of hydrogen-bond acceptors (Lipinski definition) is 9. The third-order valence-corrected chi connectivity index (χ3v) is 7.29. The normalized spacial score (nSPS) is 15.9. The van der Waals surface area contributed by atoms with Gasteiger partial charge in [-0.2, -0.15) is 5.10 Å². The van der Waals surface area contributed by atoms with Crippen LogP contribution in [0.2, 0.25) is 0 Å². The van der Waals surface area contributed by atoms with Gasteiger partial charge in [0.05, 0.1) is 30.9 Å². The number of hydrogen-bond donors (Lipinski definition) is 2. The number of aryl methyl sites for hydroxylation is 1. The summed E-state index contributed by atoms with van der Waals surface area (Å²) in [4.78, 5) is 9.21. The van der Waals surface area contributed by atoms with Crippen LogP contribution >= 0.6 is 0 Å². The van der Waals surface area contributed by atoms with E-state index in [9.17, 15) is 4.21 Å². The molecular weight excluding hydrogens is 508 g/mol. The number of fused-ring (bicyclic) bond motifs is 1. The molecule has 1 fully saturated rings. The summed E-state index contributed by atoms with van der Waals surface area (Å²) >= 11 is -2.16. The summed E-state index contributed by atoms with van der Waals surface area (Å²) in [7, 11) is 3.39. The van der Waals surface area contributed by atoms with Crippen molar-refractivity contribution >= 4 is 22.2 Å². The lowest BCUT2D eigenvalue weighted by Crippen LogP contribution is -2.48. The number of rotatable bonds is 9. The first-order valence-corrected chi connectivity index (χ1v) is 13.6. The Bertz CT molecular complexity index is 1440. The molecule has 1 saturated heterocycles. The molecule has 0 spiro atoms. The fourth-order valence-electron chi connectivity index (χ4n) is 4.75. The van der Waals surface area contributed by atoms with Crippen LogP contribution in [-0.2, 0) is 31.4 Å². The van der Waals surface area contributed by atoms with Gasteiger partial charge in [0.2, 0.25) is 28.9 Å². The molecule has 0 saturated carbocycles. The van der Waals surface area contributed by atoms with E-state index in [0.29, 0.717) is 35.8 Å². The molecule has 0 bridgehead atoms. The number of methoxy groups -OCH3 is 1. The Labute approximate surface area is 223 Å². The highest BCUT2D eigenvalue weighted by atomic mass is 32.2. The van der Waals surface area contributed by atoms with Crippen molar-refractivity contribution in [1.82, 2.24) is 39.5 Å². The summed E-state index contributed by atoms with van der Waals surface area (Å²) in [6, 6.07) is 6.42. The van der Waals surface area contributed by atoms with Gasteiger partial charge in [0.1, 0.15) is 0 Å². The standard InChI is InChI=1S/C25H32N8O4S/c1-16(2)33-7-5-32(6-8-33)15-23-29-30-25(37-23)20-10-17(11-22-21(20)14-27-31(22)3)18-9-19(13-28-38(34)35)24(36-4)26-12-18/h9-12,14,16,28H,5-8,13,15H2,1-4H3,(H,34,35). The maximum Gasteiger partial charge on any atom is 0.248 e. The average Bonchev–Trinajstić information content (AvgIpc) is 3.53. The molecular formula is C25H32N8O4S. The van der Waals surface area contributed by atoms with E-state index >= 15 is 0 Å². The van der Waals surface area contributed by atoms with E-state index in [1.165, 1.54) is 7.11 Å². The first-order chi connectivity index (χ1) is 18.3. The van der Waals surface area contributed by atoms with Crippen LogP contribution in [0.25, 0.3) is 33.5 Å². The molecule has 38 heavy (non-hydrogen) atoms. The second-order valence-corrected chi connectivity index (χ2v) is 10.4. The zero-order valence-corrected chi connectivity index (χ0v) is 22.7. The van der Waals surface area contributed by atoms with E-state index in [1.807, 2.05) is 25.2 Å². The molecule has 1 unspecified atom stereocenters. The number of nitrogens with zero attached hydrogens (tertiary/aromatic N) is 7. The molecule has 3 aromatic heterocycles.